The molecule has 0 saturated heterocycles. The average molecular weight is 289 g/mol. The number of aromatic nitrogens is 1. The second kappa shape index (κ2) is 6.08. The smallest absolute Gasteiger partial charge is 0.220 e. The molecule has 1 saturated carbocycles. The summed E-state index contributed by atoms with van der Waals surface area (Å²) in [6, 6.07) is 1.92. The van der Waals surface area contributed by atoms with E-state index in [-0.39, 0.29) is 5.41 Å². The zero-order valence-electron chi connectivity index (χ0n) is 13.8. The van der Waals surface area contributed by atoms with Crippen LogP contribution in [0.4, 0.5) is 0 Å². The highest BCUT2D eigenvalue weighted by molar-refractivity contribution is 5.45. The first-order chi connectivity index (χ1) is 9.96. The van der Waals surface area contributed by atoms with E-state index in [0.29, 0.717) is 23.6 Å². The van der Waals surface area contributed by atoms with Gasteiger partial charge in [-0.15, -0.1) is 6.58 Å². The molecule has 0 unspecified atom stereocenters. The van der Waals surface area contributed by atoms with Gasteiger partial charge in [0.05, 0.1) is 19.8 Å². The molecule has 0 N–H and O–H groups in total. The number of methoxy groups -OCH3 is 2. The summed E-state index contributed by atoms with van der Waals surface area (Å²) in [4.78, 5) is 4.40. The molecule has 0 bridgehead atoms. The predicted octanol–water partition coefficient (Wildman–Crippen LogP) is 4.44. The lowest BCUT2D eigenvalue weighted by atomic mass is 9.58. The molecule has 0 spiro atoms. The van der Waals surface area contributed by atoms with Gasteiger partial charge >= 0.3 is 0 Å². The molecular weight excluding hydrogens is 262 g/mol. The summed E-state index contributed by atoms with van der Waals surface area (Å²) < 4.78 is 11.1. The van der Waals surface area contributed by atoms with Crippen molar-refractivity contribution in [2.24, 2.45) is 17.3 Å². The SMILES string of the molecule is C=C[C@]1(C)C[C@H](C)C[C@H](C)[C@H]1c1c(OC)ccnc1OC. The molecule has 1 aromatic heterocycles. The maximum absolute atomic E-state index is 5.60. The topological polar surface area (TPSA) is 31.4 Å². The molecule has 1 aromatic rings. The number of pyridine rings is 1. The number of hydrogen-bond donors (Lipinski definition) is 0. The van der Waals surface area contributed by atoms with Crippen LogP contribution < -0.4 is 9.47 Å². The second-order valence-electron chi connectivity index (χ2n) is 6.65. The Bertz CT molecular complexity index is 492. The van der Waals surface area contributed by atoms with Crippen molar-refractivity contribution < 1.29 is 9.47 Å². The molecule has 1 aliphatic carbocycles. The van der Waals surface area contributed by atoms with E-state index in [1.807, 2.05) is 6.07 Å². The molecule has 4 atom stereocenters. The summed E-state index contributed by atoms with van der Waals surface area (Å²) in [6.45, 7) is 11.0. The molecule has 21 heavy (non-hydrogen) atoms. The Morgan fingerprint density at radius 3 is 2.62 bits per heavy atom. The molecule has 3 heteroatoms. The maximum atomic E-state index is 5.60. The third kappa shape index (κ3) is 2.78. The largest absolute Gasteiger partial charge is 0.496 e. The van der Waals surface area contributed by atoms with Gasteiger partial charge in [-0.3, -0.25) is 0 Å². The number of nitrogens with zero attached hydrogens (tertiary/aromatic N) is 1. The van der Waals surface area contributed by atoms with Gasteiger partial charge < -0.3 is 9.47 Å². The lowest BCUT2D eigenvalue weighted by molar-refractivity contribution is 0.126. The summed E-state index contributed by atoms with van der Waals surface area (Å²) in [5.41, 5.74) is 1.12. The molecule has 1 fully saturated rings. The highest BCUT2D eigenvalue weighted by Gasteiger charge is 2.44. The van der Waals surface area contributed by atoms with Crippen molar-refractivity contribution in [1.29, 1.82) is 0 Å². The van der Waals surface area contributed by atoms with Gasteiger partial charge in [0.1, 0.15) is 5.75 Å². The van der Waals surface area contributed by atoms with Gasteiger partial charge in [-0.1, -0.05) is 26.8 Å². The molecule has 0 aromatic carbocycles. The van der Waals surface area contributed by atoms with Crippen LogP contribution in [0.25, 0.3) is 0 Å². The normalized spacial score (nSPS) is 32.5. The van der Waals surface area contributed by atoms with Gasteiger partial charge in [-0.05, 0) is 36.2 Å². The van der Waals surface area contributed by atoms with Crippen molar-refractivity contribution in [1.82, 2.24) is 4.98 Å². The lowest BCUT2D eigenvalue weighted by Gasteiger charge is -2.46. The van der Waals surface area contributed by atoms with E-state index in [1.54, 1.807) is 20.4 Å². The molecule has 116 valence electrons. The average Bonchev–Trinajstić information content (AvgIpc) is 2.46. The Morgan fingerprint density at radius 1 is 1.33 bits per heavy atom. The van der Waals surface area contributed by atoms with Crippen molar-refractivity contribution in [2.75, 3.05) is 14.2 Å². The third-order valence-electron chi connectivity index (χ3n) is 4.95. The summed E-state index contributed by atoms with van der Waals surface area (Å²) in [5.74, 6) is 3.08. The van der Waals surface area contributed by atoms with E-state index < -0.39 is 0 Å². The highest BCUT2D eigenvalue weighted by Crippen LogP contribution is 2.56. The van der Waals surface area contributed by atoms with Crippen molar-refractivity contribution in [3.05, 3.63) is 30.5 Å². The van der Waals surface area contributed by atoms with Crippen LogP contribution in [-0.4, -0.2) is 19.2 Å². The van der Waals surface area contributed by atoms with Crippen LogP contribution in [0.3, 0.4) is 0 Å². The summed E-state index contributed by atoms with van der Waals surface area (Å²) in [5, 5.41) is 0. The monoisotopic (exact) mass is 289 g/mol. The number of rotatable bonds is 4. The Morgan fingerprint density at radius 2 is 2.05 bits per heavy atom. The lowest BCUT2D eigenvalue weighted by Crippen LogP contribution is -2.36. The first kappa shape index (κ1) is 15.9. The third-order valence-corrected chi connectivity index (χ3v) is 4.95. The van der Waals surface area contributed by atoms with Gasteiger partial charge in [0.25, 0.3) is 0 Å². The minimum absolute atomic E-state index is 0.0284. The van der Waals surface area contributed by atoms with E-state index in [4.69, 9.17) is 9.47 Å². The molecule has 1 heterocycles. The van der Waals surface area contributed by atoms with Crippen LogP contribution in [0.1, 0.15) is 45.1 Å². The zero-order chi connectivity index (χ0) is 15.6. The number of hydrogen-bond acceptors (Lipinski definition) is 3. The Labute approximate surface area is 128 Å². The summed E-state index contributed by atoms with van der Waals surface area (Å²) in [6.07, 6.45) is 6.18. The maximum Gasteiger partial charge on any atom is 0.220 e. The second-order valence-corrected chi connectivity index (χ2v) is 6.65. The van der Waals surface area contributed by atoms with E-state index in [1.165, 1.54) is 6.42 Å². The highest BCUT2D eigenvalue weighted by atomic mass is 16.5. The van der Waals surface area contributed by atoms with Crippen molar-refractivity contribution in [3.8, 4) is 11.6 Å². The molecule has 2 rings (SSSR count). The fourth-order valence-corrected chi connectivity index (χ4v) is 4.27. The molecule has 0 aliphatic heterocycles. The molecular formula is C18H27NO2. The van der Waals surface area contributed by atoms with Gasteiger partial charge in [-0.2, -0.15) is 0 Å². The standard InChI is InChI=1S/C18H27NO2/c1-7-18(4)11-12(2)10-13(3)16(18)15-14(20-5)8-9-19-17(15)21-6/h7-9,12-13,16H,1,10-11H2,2-6H3/t12-,13+,16+,18-/m1/s1. The van der Waals surface area contributed by atoms with Gasteiger partial charge in [0.15, 0.2) is 0 Å². The fourth-order valence-electron chi connectivity index (χ4n) is 4.27. The van der Waals surface area contributed by atoms with Crippen LogP contribution in [-0.2, 0) is 0 Å². The van der Waals surface area contributed by atoms with Crippen LogP contribution in [0.5, 0.6) is 11.6 Å². The van der Waals surface area contributed by atoms with Crippen LogP contribution in [0, 0.1) is 17.3 Å². The predicted molar refractivity (Wildman–Crippen MR) is 85.9 cm³/mol. The van der Waals surface area contributed by atoms with Crippen molar-refractivity contribution in [3.63, 3.8) is 0 Å². The van der Waals surface area contributed by atoms with Gasteiger partial charge in [-0.25, -0.2) is 4.98 Å². The van der Waals surface area contributed by atoms with Gasteiger partial charge in [0, 0.05) is 12.1 Å². The number of allylic oxidation sites excluding steroid dienone is 1. The molecule has 1 aliphatic rings. The van der Waals surface area contributed by atoms with Crippen molar-refractivity contribution in [2.45, 2.75) is 39.5 Å². The minimum atomic E-state index is 0.0284. The first-order valence-corrected chi connectivity index (χ1v) is 7.67. The molecule has 3 nitrogen and oxygen atoms in total. The minimum Gasteiger partial charge on any atom is -0.496 e. The number of ether oxygens (including phenoxy) is 2. The molecule has 0 radical (unpaired) electrons. The fraction of sp³-hybridized carbons (Fsp3) is 0.611. The Balaban J connectivity index is 2.59. The van der Waals surface area contributed by atoms with Crippen LogP contribution in [0.15, 0.2) is 24.9 Å². The van der Waals surface area contributed by atoms with Crippen LogP contribution >= 0.6 is 0 Å². The first-order valence-electron chi connectivity index (χ1n) is 7.67. The zero-order valence-corrected chi connectivity index (χ0v) is 13.8. The van der Waals surface area contributed by atoms with Crippen LogP contribution in [0.2, 0.25) is 0 Å². The Kier molecular flexibility index (Phi) is 4.60. The quantitative estimate of drug-likeness (QED) is 0.768. The van der Waals surface area contributed by atoms with E-state index in [0.717, 1.165) is 17.7 Å². The molecule has 0 amide bonds. The van der Waals surface area contributed by atoms with E-state index in [2.05, 4.69) is 38.4 Å². The summed E-state index contributed by atoms with van der Waals surface area (Å²) in [7, 11) is 3.38. The summed E-state index contributed by atoms with van der Waals surface area (Å²) >= 11 is 0. The Hall–Kier alpha value is -1.51. The van der Waals surface area contributed by atoms with E-state index in [9.17, 15) is 0 Å². The van der Waals surface area contributed by atoms with Gasteiger partial charge in [0.2, 0.25) is 5.88 Å². The van der Waals surface area contributed by atoms with E-state index >= 15 is 0 Å². The van der Waals surface area contributed by atoms with Crippen molar-refractivity contribution >= 4 is 0 Å².